The second kappa shape index (κ2) is 9.13. The smallest absolute Gasteiger partial charge is 0.258 e. The molecule has 0 bridgehead atoms. The topological polar surface area (TPSA) is 126 Å². The number of aromatic amines is 1. The first-order valence-electron chi connectivity index (χ1n) is 11.0. The Morgan fingerprint density at radius 1 is 1.15 bits per heavy atom. The zero-order chi connectivity index (χ0) is 23.7. The third-order valence-corrected chi connectivity index (χ3v) is 6.09. The van der Waals surface area contributed by atoms with Gasteiger partial charge in [-0.2, -0.15) is 4.98 Å². The number of hydrogen-bond donors (Lipinski definition) is 3. The van der Waals surface area contributed by atoms with Crippen LogP contribution in [0.1, 0.15) is 38.2 Å². The van der Waals surface area contributed by atoms with Gasteiger partial charge < -0.3 is 25.0 Å². The number of fused-ring (bicyclic) bond motifs is 1. The number of anilines is 3. The summed E-state index contributed by atoms with van der Waals surface area (Å²) in [6, 6.07) is 4.96. The largest absolute Gasteiger partial charge is 0.497 e. The maximum absolute atomic E-state index is 13.2. The Morgan fingerprint density at radius 3 is 2.55 bits per heavy atom. The Morgan fingerprint density at radius 2 is 1.88 bits per heavy atom. The molecule has 10 heteroatoms. The average Bonchev–Trinajstić information content (AvgIpc) is 2.77. The number of carbonyl (C=O) groups is 2. The average molecular weight is 456 g/mol. The van der Waals surface area contributed by atoms with Crippen molar-refractivity contribution >= 4 is 29.3 Å². The molecule has 2 aliphatic rings. The summed E-state index contributed by atoms with van der Waals surface area (Å²) in [6.07, 6.45) is 0.957. The first-order valence-corrected chi connectivity index (χ1v) is 11.0. The van der Waals surface area contributed by atoms with Crippen LogP contribution in [-0.2, 0) is 9.59 Å². The summed E-state index contributed by atoms with van der Waals surface area (Å²) in [5.74, 6) is 0.604. The van der Waals surface area contributed by atoms with Crippen LogP contribution in [0, 0.1) is 11.8 Å². The first-order chi connectivity index (χ1) is 15.8. The molecular weight excluding hydrogens is 426 g/mol. The van der Waals surface area contributed by atoms with Gasteiger partial charge in [0.15, 0.2) is 0 Å². The molecule has 0 aliphatic carbocycles. The molecule has 0 spiro atoms. The highest BCUT2D eigenvalue weighted by molar-refractivity contribution is 6.05. The van der Waals surface area contributed by atoms with Crippen molar-refractivity contribution in [1.29, 1.82) is 0 Å². The van der Waals surface area contributed by atoms with Gasteiger partial charge in [0, 0.05) is 25.6 Å². The van der Waals surface area contributed by atoms with Gasteiger partial charge in [0.05, 0.1) is 31.4 Å². The summed E-state index contributed by atoms with van der Waals surface area (Å²) in [5, 5.41) is 5.44. The molecule has 3 heterocycles. The molecule has 1 aromatic carbocycles. The minimum Gasteiger partial charge on any atom is -0.497 e. The van der Waals surface area contributed by atoms with Crippen molar-refractivity contribution in [1.82, 2.24) is 9.97 Å². The maximum atomic E-state index is 13.2. The van der Waals surface area contributed by atoms with E-state index in [1.807, 2.05) is 4.90 Å². The lowest BCUT2D eigenvalue weighted by molar-refractivity contribution is -0.123. The summed E-state index contributed by atoms with van der Waals surface area (Å²) in [5.41, 5.74) is 0.136. The second-order valence-electron chi connectivity index (χ2n) is 8.86. The van der Waals surface area contributed by atoms with Gasteiger partial charge in [0.2, 0.25) is 17.8 Å². The molecule has 33 heavy (non-hydrogen) atoms. The third kappa shape index (κ3) is 4.64. The van der Waals surface area contributed by atoms with E-state index < -0.39 is 17.4 Å². The van der Waals surface area contributed by atoms with E-state index in [2.05, 4.69) is 34.4 Å². The lowest BCUT2D eigenvalue weighted by Gasteiger charge is -2.35. The molecule has 2 aromatic rings. The van der Waals surface area contributed by atoms with Gasteiger partial charge in [-0.05, 0) is 30.4 Å². The summed E-state index contributed by atoms with van der Waals surface area (Å²) in [4.78, 5) is 48.0. The fraction of sp³-hybridized carbons (Fsp3) is 0.478. The van der Waals surface area contributed by atoms with Gasteiger partial charge in [0.25, 0.3) is 5.56 Å². The van der Waals surface area contributed by atoms with Gasteiger partial charge in [-0.15, -0.1) is 0 Å². The molecule has 3 N–H and O–H groups in total. The number of rotatable bonds is 5. The van der Waals surface area contributed by atoms with Gasteiger partial charge >= 0.3 is 0 Å². The Labute approximate surface area is 191 Å². The predicted octanol–water partition coefficient (Wildman–Crippen LogP) is 2.33. The summed E-state index contributed by atoms with van der Waals surface area (Å²) >= 11 is 0. The van der Waals surface area contributed by atoms with Crippen molar-refractivity contribution in [2.75, 3.05) is 42.8 Å². The molecule has 2 amide bonds. The zero-order valence-electron chi connectivity index (χ0n) is 19.2. The number of nitrogens with one attached hydrogen (secondary N) is 3. The molecule has 2 aliphatic heterocycles. The Bertz CT molecular complexity index is 1120. The van der Waals surface area contributed by atoms with Crippen LogP contribution in [0.25, 0.3) is 0 Å². The van der Waals surface area contributed by atoms with Gasteiger partial charge in [-0.25, -0.2) is 0 Å². The van der Waals surface area contributed by atoms with E-state index >= 15 is 0 Å². The van der Waals surface area contributed by atoms with Crippen LogP contribution in [-0.4, -0.2) is 49.1 Å². The van der Waals surface area contributed by atoms with E-state index in [1.54, 1.807) is 18.2 Å². The fourth-order valence-corrected chi connectivity index (χ4v) is 4.69. The molecule has 176 valence electrons. The molecule has 0 saturated carbocycles. The Kier molecular flexibility index (Phi) is 6.26. The highest BCUT2D eigenvalue weighted by Gasteiger charge is 2.36. The van der Waals surface area contributed by atoms with Crippen LogP contribution in [0.4, 0.5) is 17.5 Å². The van der Waals surface area contributed by atoms with Gasteiger partial charge in [-0.1, -0.05) is 13.8 Å². The van der Waals surface area contributed by atoms with Crippen LogP contribution in [0.2, 0.25) is 0 Å². The summed E-state index contributed by atoms with van der Waals surface area (Å²) < 4.78 is 10.5. The van der Waals surface area contributed by atoms with E-state index in [1.165, 1.54) is 14.2 Å². The number of ether oxygens (including phenoxy) is 2. The quantitative estimate of drug-likeness (QED) is 0.632. The standard InChI is InChI=1S/C23H29N5O5/c1-12-7-13(2)11-28(10-12)23-26-20-19(22(31)27-23)15(9-18(29)25-20)21(30)24-16-6-5-14(32-3)8-17(16)33-4/h5-6,8,12-13,15H,7,9-11H2,1-4H3,(H,24,30)(H2,25,26,27,29,31)/t12-,13-,15-/m1/s1. The van der Waals surface area contributed by atoms with Crippen molar-refractivity contribution in [2.24, 2.45) is 11.8 Å². The molecule has 0 radical (unpaired) electrons. The number of piperidine rings is 1. The molecule has 1 aromatic heterocycles. The van der Waals surface area contributed by atoms with Gasteiger partial charge in [0.1, 0.15) is 17.3 Å². The fourth-order valence-electron chi connectivity index (χ4n) is 4.69. The number of benzene rings is 1. The SMILES string of the molecule is COc1ccc(NC(=O)[C@@H]2CC(=O)Nc3nc(N4C[C@H](C)C[C@@H](C)C4)[nH]c(=O)c32)c(OC)c1. The zero-order valence-corrected chi connectivity index (χ0v) is 19.2. The Balaban J connectivity index is 1.64. The number of nitrogens with zero attached hydrogens (tertiary/aromatic N) is 2. The van der Waals surface area contributed by atoms with E-state index in [9.17, 15) is 14.4 Å². The molecular formula is C23H29N5O5. The van der Waals surface area contributed by atoms with Crippen LogP contribution < -0.4 is 30.6 Å². The number of carbonyl (C=O) groups excluding carboxylic acids is 2. The number of hydrogen-bond acceptors (Lipinski definition) is 7. The van der Waals surface area contributed by atoms with Crippen LogP contribution in [0.5, 0.6) is 11.5 Å². The van der Waals surface area contributed by atoms with Crippen LogP contribution >= 0.6 is 0 Å². The highest BCUT2D eigenvalue weighted by Crippen LogP contribution is 2.34. The second-order valence-corrected chi connectivity index (χ2v) is 8.86. The summed E-state index contributed by atoms with van der Waals surface area (Å²) in [6.45, 7) is 5.85. The third-order valence-electron chi connectivity index (χ3n) is 6.09. The minimum atomic E-state index is -0.981. The molecule has 0 unspecified atom stereocenters. The minimum absolute atomic E-state index is 0.137. The first kappa shape index (κ1) is 22.6. The molecule has 4 rings (SSSR count). The van der Waals surface area contributed by atoms with E-state index in [0.29, 0.717) is 35.0 Å². The number of methoxy groups -OCH3 is 2. The molecule has 10 nitrogen and oxygen atoms in total. The number of amides is 2. The van der Waals surface area contributed by atoms with E-state index in [-0.39, 0.29) is 23.7 Å². The van der Waals surface area contributed by atoms with E-state index in [4.69, 9.17) is 9.47 Å². The number of H-pyrrole nitrogens is 1. The lowest BCUT2D eigenvalue weighted by atomic mass is 9.91. The van der Waals surface area contributed by atoms with E-state index in [0.717, 1.165) is 19.5 Å². The summed E-state index contributed by atoms with van der Waals surface area (Å²) in [7, 11) is 3.01. The predicted molar refractivity (Wildman–Crippen MR) is 124 cm³/mol. The monoisotopic (exact) mass is 455 g/mol. The highest BCUT2D eigenvalue weighted by atomic mass is 16.5. The van der Waals surface area contributed by atoms with Crippen LogP contribution in [0.3, 0.4) is 0 Å². The molecule has 3 atom stereocenters. The number of aromatic nitrogens is 2. The maximum Gasteiger partial charge on any atom is 0.258 e. The molecule has 1 saturated heterocycles. The van der Waals surface area contributed by atoms with Crippen molar-refractivity contribution in [3.05, 3.63) is 34.1 Å². The van der Waals surface area contributed by atoms with Crippen molar-refractivity contribution in [3.8, 4) is 11.5 Å². The van der Waals surface area contributed by atoms with Crippen molar-refractivity contribution in [2.45, 2.75) is 32.6 Å². The van der Waals surface area contributed by atoms with Crippen LogP contribution in [0.15, 0.2) is 23.0 Å². The van der Waals surface area contributed by atoms with Gasteiger partial charge in [-0.3, -0.25) is 19.4 Å². The van der Waals surface area contributed by atoms with Crippen molar-refractivity contribution < 1.29 is 19.1 Å². The molecule has 1 fully saturated rings. The van der Waals surface area contributed by atoms with Crippen molar-refractivity contribution in [3.63, 3.8) is 0 Å². The normalized spacial score (nSPS) is 22.2. The lowest BCUT2D eigenvalue weighted by Crippen LogP contribution is -2.42. The Hall–Kier alpha value is -3.56.